The van der Waals surface area contributed by atoms with Crippen LogP contribution in [0.1, 0.15) is 29.0 Å². The first-order valence-corrected chi connectivity index (χ1v) is 7.29. The molecule has 0 amide bonds. The summed E-state index contributed by atoms with van der Waals surface area (Å²) in [7, 11) is 0. The smallest absolute Gasteiger partial charge is 0.00929 e. The van der Waals surface area contributed by atoms with Gasteiger partial charge in [-0.05, 0) is 36.3 Å². The van der Waals surface area contributed by atoms with Crippen molar-refractivity contribution in [1.82, 2.24) is 0 Å². The summed E-state index contributed by atoms with van der Waals surface area (Å²) in [5.41, 5.74) is 4.08. The van der Waals surface area contributed by atoms with Crippen LogP contribution >= 0.6 is 0 Å². The molecule has 1 aliphatic carbocycles. The van der Waals surface area contributed by atoms with Crippen LogP contribution in [0.4, 0.5) is 0 Å². The maximum absolute atomic E-state index is 2.34. The first-order chi connectivity index (χ1) is 9.83. The highest BCUT2D eigenvalue weighted by Gasteiger charge is 2.35. The van der Waals surface area contributed by atoms with E-state index in [-0.39, 0.29) is 0 Å². The number of benzene rings is 2. The van der Waals surface area contributed by atoms with E-state index in [1.54, 1.807) is 0 Å². The van der Waals surface area contributed by atoms with Gasteiger partial charge in [-0.15, -0.1) is 0 Å². The van der Waals surface area contributed by atoms with E-state index in [2.05, 4.69) is 79.8 Å². The number of aryl methyl sites for hydroxylation is 1. The van der Waals surface area contributed by atoms with Gasteiger partial charge in [0.25, 0.3) is 0 Å². The molecular weight excluding hydrogens is 240 g/mol. The molecule has 1 saturated carbocycles. The second kappa shape index (κ2) is 5.92. The molecule has 0 aliphatic heterocycles. The molecule has 0 unspecified atom stereocenters. The van der Waals surface area contributed by atoms with Crippen LogP contribution < -0.4 is 0 Å². The van der Waals surface area contributed by atoms with E-state index >= 15 is 0 Å². The summed E-state index contributed by atoms with van der Waals surface area (Å²) in [5, 5.41) is 0. The monoisotopic (exact) mass is 260 g/mol. The molecule has 0 spiro atoms. The first-order valence-electron chi connectivity index (χ1n) is 7.29. The SMILES string of the molecule is Cc1ccc([C@@H]2C[C@@H]2/C=C/C=C/c2ccccc2)cc1. The fraction of sp³-hybridized carbons (Fsp3) is 0.200. The lowest BCUT2D eigenvalue weighted by Crippen LogP contribution is -1.81. The van der Waals surface area contributed by atoms with Crippen molar-refractivity contribution in [2.75, 3.05) is 0 Å². The molecule has 0 saturated heterocycles. The van der Waals surface area contributed by atoms with Crippen LogP contribution in [-0.2, 0) is 0 Å². The quantitative estimate of drug-likeness (QED) is 0.648. The summed E-state index contributed by atoms with van der Waals surface area (Å²) in [6.45, 7) is 2.14. The van der Waals surface area contributed by atoms with E-state index in [1.165, 1.54) is 23.1 Å². The minimum Gasteiger partial charge on any atom is -0.0808 e. The molecule has 2 atom stereocenters. The molecule has 2 aromatic rings. The van der Waals surface area contributed by atoms with Gasteiger partial charge in [-0.25, -0.2) is 0 Å². The van der Waals surface area contributed by atoms with Gasteiger partial charge in [0.2, 0.25) is 0 Å². The van der Waals surface area contributed by atoms with Crippen LogP contribution in [0, 0.1) is 12.8 Å². The third-order valence-electron chi connectivity index (χ3n) is 3.90. The molecule has 1 aliphatic rings. The van der Waals surface area contributed by atoms with E-state index in [9.17, 15) is 0 Å². The Kier molecular flexibility index (Phi) is 3.83. The zero-order valence-electron chi connectivity index (χ0n) is 11.9. The number of allylic oxidation sites excluding steroid dienone is 3. The Morgan fingerprint density at radius 2 is 1.65 bits per heavy atom. The van der Waals surface area contributed by atoms with E-state index < -0.39 is 0 Å². The third-order valence-corrected chi connectivity index (χ3v) is 3.90. The first kappa shape index (κ1) is 12.9. The van der Waals surface area contributed by atoms with Crippen LogP contribution in [0.15, 0.2) is 72.8 Å². The Labute approximate surface area is 121 Å². The van der Waals surface area contributed by atoms with Gasteiger partial charge in [-0.2, -0.15) is 0 Å². The van der Waals surface area contributed by atoms with Gasteiger partial charge < -0.3 is 0 Å². The molecule has 20 heavy (non-hydrogen) atoms. The van der Waals surface area contributed by atoms with Gasteiger partial charge in [-0.1, -0.05) is 84.5 Å². The van der Waals surface area contributed by atoms with Crippen molar-refractivity contribution in [1.29, 1.82) is 0 Å². The summed E-state index contributed by atoms with van der Waals surface area (Å²) in [6.07, 6.45) is 10.1. The third kappa shape index (κ3) is 3.27. The Balaban J connectivity index is 1.54. The lowest BCUT2D eigenvalue weighted by molar-refractivity contribution is 1.01. The zero-order valence-corrected chi connectivity index (χ0v) is 11.9. The number of rotatable bonds is 4. The molecule has 100 valence electrons. The van der Waals surface area contributed by atoms with Crippen LogP contribution in [-0.4, -0.2) is 0 Å². The average Bonchev–Trinajstić information content (AvgIpc) is 3.25. The highest BCUT2D eigenvalue weighted by Crippen LogP contribution is 2.48. The molecule has 0 bridgehead atoms. The Bertz CT molecular complexity index is 602. The Morgan fingerprint density at radius 1 is 0.900 bits per heavy atom. The van der Waals surface area contributed by atoms with Crippen molar-refractivity contribution >= 4 is 6.08 Å². The van der Waals surface area contributed by atoms with Crippen molar-refractivity contribution in [3.63, 3.8) is 0 Å². The maximum atomic E-state index is 2.34. The van der Waals surface area contributed by atoms with Crippen LogP contribution in [0.25, 0.3) is 6.08 Å². The predicted octanol–water partition coefficient (Wildman–Crippen LogP) is 5.37. The molecule has 0 N–H and O–H groups in total. The predicted molar refractivity (Wildman–Crippen MR) is 86.6 cm³/mol. The molecule has 0 radical (unpaired) electrons. The van der Waals surface area contributed by atoms with Gasteiger partial charge in [0.15, 0.2) is 0 Å². The highest BCUT2D eigenvalue weighted by molar-refractivity contribution is 5.50. The fourth-order valence-corrected chi connectivity index (χ4v) is 2.56. The van der Waals surface area contributed by atoms with Crippen LogP contribution in [0.5, 0.6) is 0 Å². The molecule has 0 aromatic heterocycles. The van der Waals surface area contributed by atoms with Crippen LogP contribution in [0.3, 0.4) is 0 Å². The Hall–Kier alpha value is -2.08. The number of hydrogen-bond acceptors (Lipinski definition) is 0. The molecule has 1 fully saturated rings. The van der Waals surface area contributed by atoms with Gasteiger partial charge in [-0.3, -0.25) is 0 Å². The van der Waals surface area contributed by atoms with Gasteiger partial charge >= 0.3 is 0 Å². The number of hydrogen-bond donors (Lipinski definition) is 0. The second-order valence-corrected chi connectivity index (χ2v) is 5.57. The molecule has 0 heterocycles. The lowest BCUT2D eigenvalue weighted by Gasteiger charge is -1.98. The molecular formula is C20H20. The van der Waals surface area contributed by atoms with E-state index in [4.69, 9.17) is 0 Å². The topological polar surface area (TPSA) is 0 Å². The normalized spacial score (nSPS) is 21.6. The summed E-state index contributed by atoms with van der Waals surface area (Å²) in [6, 6.07) is 19.4. The van der Waals surface area contributed by atoms with Crippen molar-refractivity contribution in [2.24, 2.45) is 5.92 Å². The van der Waals surface area contributed by atoms with Crippen molar-refractivity contribution < 1.29 is 0 Å². The van der Waals surface area contributed by atoms with E-state index in [0.29, 0.717) is 0 Å². The van der Waals surface area contributed by atoms with E-state index in [1.807, 2.05) is 6.07 Å². The second-order valence-electron chi connectivity index (χ2n) is 5.57. The summed E-state index contributed by atoms with van der Waals surface area (Å²) in [5.74, 6) is 1.45. The summed E-state index contributed by atoms with van der Waals surface area (Å²) in [4.78, 5) is 0. The van der Waals surface area contributed by atoms with E-state index in [0.717, 1.165) is 11.8 Å². The largest absolute Gasteiger partial charge is 0.0808 e. The van der Waals surface area contributed by atoms with Gasteiger partial charge in [0.1, 0.15) is 0 Å². The van der Waals surface area contributed by atoms with Crippen molar-refractivity contribution in [2.45, 2.75) is 19.3 Å². The standard InChI is InChI=1S/C20H20/c1-16-11-13-18(14-12-16)20-15-19(20)10-6-5-9-17-7-3-2-4-8-17/h2-14,19-20H,15H2,1H3/b9-5+,10-6+/t19-,20-/m0/s1. The maximum Gasteiger partial charge on any atom is -0.00929 e. The Morgan fingerprint density at radius 3 is 2.40 bits per heavy atom. The average molecular weight is 260 g/mol. The summed E-state index contributed by atoms with van der Waals surface area (Å²) >= 11 is 0. The van der Waals surface area contributed by atoms with Gasteiger partial charge in [0, 0.05) is 0 Å². The van der Waals surface area contributed by atoms with Gasteiger partial charge in [0.05, 0.1) is 0 Å². The molecule has 0 nitrogen and oxygen atoms in total. The fourth-order valence-electron chi connectivity index (χ4n) is 2.56. The zero-order chi connectivity index (χ0) is 13.8. The lowest BCUT2D eigenvalue weighted by atomic mass is 10.1. The van der Waals surface area contributed by atoms with Crippen molar-refractivity contribution in [3.8, 4) is 0 Å². The van der Waals surface area contributed by atoms with Crippen molar-refractivity contribution in [3.05, 3.63) is 89.5 Å². The minimum atomic E-state index is 0.720. The molecule has 3 rings (SSSR count). The minimum absolute atomic E-state index is 0.720. The molecule has 0 heteroatoms. The molecule has 2 aromatic carbocycles. The van der Waals surface area contributed by atoms with Crippen LogP contribution in [0.2, 0.25) is 0 Å². The summed E-state index contributed by atoms with van der Waals surface area (Å²) < 4.78 is 0. The highest BCUT2D eigenvalue weighted by atomic mass is 14.4.